The maximum atomic E-state index is 13.2. The van der Waals surface area contributed by atoms with Crippen molar-refractivity contribution in [3.05, 3.63) is 101 Å². The minimum atomic E-state index is -4.01. The molecule has 0 unspecified atom stereocenters. The molecule has 7 heteroatoms. The SMILES string of the molecule is COc1ccccc1NC1=C/C(=N\S(=O)(=O)c2ccc(C(C)(C)C)cc2)c2ccccc2C1=O. The Labute approximate surface area is 200 Å². The normalized spacial score (nSPS) is 15.0. The summed E-state index contributed by atoms with van der Waals surface area (Å²) in [5.74, 6) is 0.299. The van der Waals surface area contributed by atoms with Crippen molar-refractivity contribution < 1.29 is 17.9 Å². The first kappa shape index (κ1) is 23.4. The van der Waals surface area contributed by atoms with Gasteiger partial charge in [-0.05, 0) is 41.3 Å². The fourth-order valence-corrected chi connectivity index (χ4v) is 4.70. The maximum absolute atomic E-state index is 13.2. The number of hydrogen-bond acceptors (Lipinski definition) is 5. The first-order valence-electron chi connectivity index (χ1n) is 10.8. The van der Waals surface area contributed by atoms with E-state index in [4.69, 9.17) is 4.74 Å². The van der Waals surface area contributed by atoms with E-state index in [9.17, 15) is 13.2 Å². The van der Waals surface area contributed by atoms with Gasteiger partial charge < -0.3 is 10.1 Å². The highest BCUT2D eigenvalue weighted by atomic mass is 32.2. The molecule has 0 aliphatic heterocycles. The number of sulfonamides is 1. The summed E-state index contributed by atoms with van der Waals surface area (Å²) < 4.78 is 35.8. The highest BCUT2D eigenvalue weighted by molar-refractivity contribution is 7.90. The lowest BCUT2D eigenvalue weighted by Crippen LogP contribution is -2.22. The lowest BCUT2D eigenvalue weighted by atomic mass is 9.87. The van der Waals surface area contributed by atoms with Gasteiger partial charge in [-0.25, -0.2) is 0 Å². The Kier molecular flexibility index (Phi) is 6.15. The van der Waals surface area contributed by atoms with Crippen molar-refractivity contribution in [2.45, 2.75) is 31.1 Å². The van der Waals surface area contributed by atoms with E-state index in [2.05, 4.69) is 30.5 Å². The van der Waals surface area contributed by atoms with Crippen molar-refractivity contribution in [2.24, 2.45) is 4.40 Å². The number of ether oxygens (including phenoxy) is 1. The minimum Gasteiger partial charge on any atom is -0.495 e. The zero-order valence-corrected chi connectivity index (χ0v) is 20.3. The fraction of sp³-hybridized carbons (Fsp3) is 0.185. The molecule has 0 fully saturated rings. The average Bonchev–Trinajstić information content (AvgIpc) is 2.82. The van der Waals surface area contributed by atoms with E-state index in [1.54, 1.807) is 60.7 Å². The number of methoxy groups -OCH3 is 1. The van der Waals surface area contributed by atoms with E-state index in [1.165, 1.54) is 13.2 Å². The van der Waals surface area contributed by atoms with Crippen LogP contribution >= 0.6 is 0 Å². The second-order valence-electron chi connectivity index (χ2n) is 8.98. The summed E-state index contributed by atoms with van der Waals surface area (Å²) >= 11 is 0. The van der Waals surface area contributed by atoms with Gasteiger partial charge in [0.25, 0.3) is 10.0 Å². The van der Waals surface area contributed by atoms with Gasteiger partial charge in [0.05, 0.1) is 29.1 Å². The van der Waals surface area contributed by atoms with Crippen molar-refractivity contribution in [1.29, 1.82) is 0 Å². The van der Waals surface area contributed by atoms with Gasteiger partial charge in [0.1, 0.15) is 5.75 Å². The first-order chi connectivity index (χ1) is 16.1. The van der Waals surface area contributed by atoms with E-state index < -0.39 is 10.0 Å². The predicted molar refractivity (Wildman–Crippen MR) is 134 cm³/mol. The molecule has 3 aromatic carbocycles. The van der Waals surface area contributed by atoms with Crippen molar-refractivity contribution in [3.8, 4) is 5.75 Å². The second-order valence-corrected chi connectivity index (χ2v) is 10.6. The molecule has 0 saturated heterocycles. The van der Waals surface area contributed by atoms with Crippen LogP contribution in [0.3, 0.4) is 0 Å². The Morgan fingerprint density at radius 2 is 1.47 bits per heavy atom. The lowest BCUT2D eigenvalue weighted by molar-refractivity contribution is 0.103. The van der Waals surface area contributed by atoms with Gasteiger partial charge in [0.15, 0.2) is 0 Å². The highest BCUT2D eigenvalue weighted by Gasteiger charge is 2.27. The molecule has 0 aromatic heterocycles. The molecule has 34 heavy (non-hydrogen) atoms. The van der Waals surface area contributed by atoms with E-state index in [1.807, 2.05) is 12.1 Å². The van der Waals surface area contributed by atoms with Gasteiger partial charge >= 0.3 is 0 Å². The molecule has 0 radical (unpaired) electrons. The van der Waals surface area contributed by atoms with Gasteiger partial charge in [0, 0.05) is 11.1 Å². The molecule has 0 saturated carbocycles. The molecule has 0 atom stereocenters. The number of Topliss-reactive ketones (excluding diaryl/α,β-unsaturated/α-hetero) is 1. The van der Waals surface area contributed by atoms with Crippen LogP contribution in [0.1, 0.15) is 42.3 Å². The molecule has 1 aliphatic rings. The van der Waals surface area contributed by atoms with Crippen LogP contribution < -0.4 is 10.1 Å². The Hall–Kier alpha value is -3.71. The van der Waals surface area contributed by atoms with Crippen LogP contribution in [0.5, 0.6) is 5.75 Å². The van der Waals surface area contributed by atoms with Crippen molar-refractivity contribution in [2.75, 3.05) is 12.4 Å². The van der Waals surface area contributed by atoms with Crippen LogP contribution in [0.2, 0.25) is 0 Å². The predicted octanol–water partition coefficient (Wildman–Crippen LogP) is 5.36. The van der Waals surface area contributed by atoms with Crippen LogP contribution in [0.25, 0.3) is 0 Å². The molecule has 1 N–H and O–H groups in total. The standard InChI is InChI=1S/C27H26N2O4S/c1-27(2,3)18-13-15-19(16-14-18)34(31,32)29-23-17-24(26(30)21-10-6-5-9-20(21)23)28-22-11-7-8-12-25(22)33-4/h5-17,28H,1-4H3/b29-23+. The van der Waals surface area contributed by atoms with Gasteiger partial charge in [-0.3, -0.25) is 4.79 Å². The number of ketones is 1. The molecule has 0 spiro atoms. The first-order valence-corrected chi connectivity index (χ1v) is 12.3. The molecule has 174 valence electrons. The monoisotopic (exact) mass is 474 g/mol. The lowest BCUT2D eigenvalue weighted by Gasteiger charge is -2.20. The molecule has 4 rings (SSSR count). The zero-order chi connectivity index (χ0) is 24.5. The van der Waals surface area contributed by atoms with Gasteiger partial charge in [-0.2, -0.15) is 12.8 Å². The average molecular weight is 475 g/mol. The number of carbonyl (C=O) groups is 1. The molecule has 0 heterocycles. The summed E-state index contributed by atoms with van der Waals surface area (Å²) in [5.41, 5.74) is 2.75. The summed E-state index contributed by atoms with van der Waals surface area (Å²) in [7, 11) is -2.47. The largest absolute Gasteiger partial charge is 0.495 e. The summed E-state index contributed by atoms with van der Waals surface area (Å²) in [6, 6.07) is 20.8. The number of carbonyl (C=O) groups excluding carboxylic acids is 1. The van der Waals surface area contributed by atoms with Crippen LogP contribution in [0.15, 0.2) is 93.9 Å². The Morgan fingerprint density at radius 3 is 2.12 bits per heavy atom. The Balaban J connectivity index is 1.78. The van der Waals surface area contributed by atoms with Crippen molar-refractivity contribution >= 4 is 27.2 Å². The highest BCUT2D eigenvalue weighted by Crippen LogP contribution is 2.29. The van der Waals surface area contributed by atoms with Crippen LogP contribution in [-0.4, -0.2) is 27.0 Å². The number of benzene rings is 3. The topological polar surface area (TPSA) is 84.8 Å². The number of rotatable bonds is 5. The maximum Gasteiger partial charge on any atom is 0.282 e. The smallest absolute Gasteiger partial charge is 0.282 e. The Bertz CT molecular complexity index is 1410. The number of nitrogens with one attached hydrogen (secondary N) is 1. The summed E-state index contributed by atoms with van der Waals surface area (Å²) in [6.45, 7) is 6.19. The van der Waals surface area contributed by atoms with E-state index in [0.717, 1.165) is 5.56 Å². The van der Waals surface area contributed by atoms with E-state index in [0.29, 0.717) is 22.6 Å². The number of hydrogen-bond donors (Lipinski definition) is 1. The summed E-state index contributed by atoms with van der Waals surface area (Å²) in [5, 5.41) is 3.08. The molecule has 0 amide bonds. The number of anilines is 1. The zero-order valence-electron chi connectivity index (χ0n) is 19.5. The summed E-state index contributed by atoms with van der Waals surface area (Å²) in [6.07, 6.45) is 1.47. The number of allylic oxidation sites excluding steroid dienone is 2. The molecule has 0 bridgehead atoms. The number of para-hydroxylation sites is 2. The number of fused-ring (bicyclic) bond motifs is 1. The van der Waals surface area contributed by atoms with Gasteiger partial charge in [0.2, 0.25) is 5.78 Å². The third kappa shape index (κ3) is 4.65. The third-order valence-corrected chi connectivity index (χ3v) is 6.89. The fourth-order valence-electron chi connectivity index (χ4n) is 3.70. The minimum absolute atomic E-state index is 0.0926. The van der Waals surface area contributed by atoms with E-state index >= 15 is 0 Å². The number of nitrogens with zero attached hydrogens (tertiary/aromatic N) is 1. The van der Waals surface area contributed by atoms with Gasteiger partial charge in [-0.1, -0.05) is 69.3 Å². The molecule has 3 aromatic rings. The summed E-state index contributed by atoms with van der Waals surface area (Å²) in [4.78, 5) is 13.2. The van der Waals surface area contributed by atoms with Gasteiger partial charge in [-0.15, -0.1) is 0 Å². The second kappa shape index (κ2) is 8.91. The molecular formula is C27H26N2O4S. The van der Waals surface area contributed by atoms with Crippen molar-refractivity contribution in [3.63, 3.8) is 0 Å². The van der Waals surface area contributed by atoms with Crippen LogP contribution in [-0.2, 0) is 15.4 Å². The van der Waals surface area contributed by atoms with Crippen molar-refractivity contribution in [1.82, 2.24) is 0 Å². The third-order valence-electron chi connectivity index (χ3n) is 5.59. The van der Waals surface area contributed by atoms with Crippen LogP contribution in [0, 0.1) is 0 Å². The van der Waals surface area contributed by atoms with Crippen LogP contribution in [0.4, 0.5) is 5.69 Å². The van der Waals surface area contributed by atoms with E-state index in [-0.39, 0.29) is 27.5 Å². The molecular weight excluding hydrogens is 448 g/mol. The molecule has 1 aliphatic carbocycles. The Morgan fingerprint density at radius 1 is 0.853 bits per heavy atom. The quantitative estimate of drug-likeness (QED) is 0.538. The molecule has 6 nitrogen and oxygen atoms in total.